The van der Waals surface area contributed by atoms with E-state index in [0.717, 1.165) is 76.6 Å². The van der Waals surface area contributed by atoms with Crippen LogP contribution in [0.2, 0.25) is 0 Å². The fourth-order valence-corrected chi connectivity index (χ4v) is 8.18. The Bertz CT molecular complexity index is 2320. The number of oxazole rings is 1. The number of nitrogens with one attached hydrogen (secondary N) is 3. The van der Waals surface area contributed by atoms with Gasteiger partial charge in [-0.3, -0.25) is 24.4 Å². The van der Waals surface area contributed by atoms with Gasteiger partial charge in [0.2, 0.25) is 11.8 Å². The number of anilines is 2. The van der Waals surface area contributed by atoms with Gasteiger partial charge in [-0.25, -0.2) is 18.7 Å². The predicted octanol–water partition coefficient (Wildman–Crippen LogP) is 8.63. The summed E-state index contributed by atoms with van der Waals surface area (Å²) in [5.41, 5.74) is 2.27. The average Bonchev–Trinajstić information content (AvgIpc) is 3.75. The molecule has 8 rings (SSSR count). The summed E-state index contributed by atoms with van der Waals surface area (Å²) in [6.07, 6.45) is 11.5. The van der Waals surface area contributed by atoms with Crippen LogP contribution in [-0.2, 0) is 17.6 Å². The quantitative estimate of drug-likeness (QED) is 0.0578. The highest BCUT2D eigenvalue weighted by Crippen LogP contribution is 2.36. The van der Waals surface area contributed by atoms with E-state index in [2.05, 4.69) is 43.0 Å². The molecule has 0 atom stereocenters. The second-order valence-corrected chi connectivity index (χ2v) is 16.3. The van der Waals surface area contributed by atoms with Gasteiger partial charge in [-0.15, -0.1) is 0 Å². The Morgan fingerprint density at radius 2 is 1.80 bits per heavy atom. The molecule has 0 saturated heterocycles. The van der Waals surface area contributed by atoms with Crippen LogP contribution >= 0.6 is 0 Å². The number of aryl methyl sites for hydroxylation is 1. The number of nitrogens with zero attached hydrogens (tertiary/aromatic N) is 5. The van der Waals surface area contributed by atoms with Gasteiger partial charge in [0.1, 0.15) is 23.6 Å². The van der Waals surface area contributed by atoms with Gasteiger partial charge in [-0.2, -0.15) is 5.10 Å². The van der Waals surface area contributed by atoms with Crippen LogP contribution < -0.4 is 20.7 Å². The first-order chi connectivity index (χ1) is 29.2. The number of amides is 3. The number of benzene rings is 2. The molecule has 13 nitrogen and oxygen atoms in total. The number of carbonyl (C=O) groups excluding carboxylic acids is 3. The summed E-state index contributed by atoms with van der Waals surface area (Å²) in [6.45, 7) is 2.78. The van der Waals surface area contributed by atoms with Crippen LogP contribution in [-0.4, -0.2) is 69.1 Å². The smallest absolute Gasteiger partial charge is 0.284 e. The van der Waals surface area contributed by atoms with E-state index >= 15 is 0 Å². The van der Waals surface area contributed by atoms with Crippen LogP contribution in [0.25, 0.3) is 11.5 Å². The summed E-state index contributed by atoms with van der Waals surface area (Å²) in [5.74, 6) is 1.84. The molecule has 314 valence electrons. The van der Waals surface area contributed by atoms with Crippen LogP contribution in [0.3, 0.4) is 0 Å². The zero-order valence-corrected chi connectivity index (χ0v) is 33.7. The van der Waals surface area contributed by atoms with Crippen molar-refractivity contribution in [2.24, 2.45) is 11.8 Å². The second kappa shape index (κ2) is 18.5. The number of carbonyl (C=O) groups is 3. The number of aromatic nitrogens is 4. The minimum atomic E-state index is -2.86. The molecule has 0 bridgehead atoms. The summed E-state index contributed by atoms with van der Waals surface area (Å²) >= 11 is 0. The molecule has 5 aromatic rings. The number of halogens is 2. The molecule has 2 aromatic carbocycles. The minimum Gasteiger partial charge on any atom is -0.456 e. The van der Waals surface area contributed by atoms with Gasteiger partial charge in [0.25, 0.3) is 18.2 Å². The van der Waals surface area contributed by atoms with Crippen LogP contribution in [0, 0.1) is 11.8 Å². The third kappa shape index (κ3) is 10.1. The molecule has 3 aromatic heterocycles. The van der Waals surface area contributed by atoms with Crippen molar-refractivity contribution in [2.75, 3.05) is 37.3 Å². The molecule has 2 aliphatic carbocycles. The maximum absolute atomic E-state index is 14.1. The number of hydrogen-bond donors (Lipinski definition) is 3. The first kappa shape index (κ1) is 40.8. The highest BCUT2D eigenvalue weighted by atomic mass is 19.3. The molecule has 3 aliphatic rings. The van der Waals surface area contributed by atoms with Crippen LogP contribution in [0.4, 0.5) is 20.3 Å². The molecular formula is C45H50F2N8O5. The van der Waals surface area contributed by atoms with Crippen molar-refractivity contribution in [1.82, 2.24) is 30.0 Å². The lowest BCUT2D eigenvalue weighted by molar-refractivity contribution is -0.119. The van der Waals surface area contributed by atoms with Crippen molar-refractivity contribution in [3.63, 3.8) is 0 Å². The molecule has 15 heteroatoms. The Balaban J connectivity index is 0.774. The molecule has 3 N–H and O–H groups in total. The molecule has 0 unspecified atom stereocenters. The number of imide groups is 1. The largest absolute Gasteiger partial charge is 0.456 e. The molecule has 4 heterocycles. The minimum absolute atomic E-state index is 0.0256. The highest BCUT2D eigenvalue weighted by Gasteiger charge is 2.29. The Hall–Kier alpha value is -5.96. The number of para-hydroxylation sites is 1. The number of pyridine rings is 1. The van der Waals surface area contributed by atoms with Crippen molar-refractivity contribution in [3.05, 3.63) is 101 Å². The number of rotatable bonds is 18. The van der Waals surface area contributed by atoms with E-state index in [4.69, 9.17) is 9.15 Å². The number of unbranched alkanes of at least 4 members (excludes halogenated alkanes) is 2. The summed E-state index contributed by atoms with van der Waals surface area (Å²) in [6, 6.07) is 16.7. The van der Waals surface area contributed by atoms with Crippen LogP contribution in [0.1, 0.15) is 108 Å². The second-order valence-electron chi connectivity index (χ2n) is 16.3. The van der Waals surface area contributed by atoms with E-state index < -0.39 is 23.9 Å². The van der Waals surface area contributed by atoms with E-state index in [9.17, 15) is 23.2 Å². The number of fused-ring (bicyclic) bond motifs is 1. The van der Waals surface area contributed by atoms with Gasteiger partial charge >= 0.3 is 0 Å². The highest BCUT2D eigenvalue weighted by molar-refractivity contribution is 6.11. The van der Waals surface area contributed by atoms with E-state index in [0.29, 0.717) is 45.8 Å². The molecular weight excluding hydrogens is 771 g/mol. The van der Waals surface area contributed by atoms with Crippen molar-refractivity contribution in [3.8, 4) is 23.0 Å². The average molecular weight is 821 g/mol. The molecule has 3 amide bonds. The zero-order valence-electron chi connectivity index (χ0n) is 33.7. The normalized spacial score (nSPS) is 17.8. The third-order valence-electron chi connectivity index (χ3n) is 11.6. The Morgan fingerprint density at radius 1 is 1.00 bits per heavy atom. The number of alkyl halides is 2. The topological polar surface area (TPSA) is 157 Å². The van der Waals surface area contributed by atoms with Gasteiger partial charge in [0.05, 0.1) is 23.7 Å². The molecule has 0 radical (unpaired) electrons. The van der Waals surface area contributed by atoms with E-state index in [-0.39, 0.29) is 35.6 Å². The molecule has 60 heavy (non-hydrogen) atoms. The van der Waals surface area contributed by atoms with E-state index in [1.54, 1.807) is 41.2 Å². The van der Waals surface area contributed by atoms with Crippen molar-refractivity contribution >= 4 is 29.2 Å². The van der Waals surface area contributed by atoms with Crippen LogP contribution in [0.15, 0.2) is 77.7 Å². The van der Waals surface area contributed by atoms with Gasteiger partial charge in [-0.05, 0) is 119 Å². The van der Waals surface area contributed by atoms with Gasteiger partial charge in [0.15, 0.2) is 11.4 Å². The fraction of sp³-hybridized carbons (Fsp3) is 0.422. The van der Waals surface area contributed by atoms with Crippen molar-refractivity contribution in [2.45, 2.75) is 83.1 Å². The number of hydrogen-bond acceptors (Lipinski definition) is 10. The standard InChI is InChI=1S/C45H50F2N8O5/c1-54(21-6-2-3-8-30-9-4-5-11-36(30)60-37-12-7-10-31-23-39(56)52-44(58)40(31)37)25-29-15-17-33(18-16-29)55-26-34(41(53-55)42(46)47)50-43(57)35-27-59-45(51-35)32-19-20-48-38(22-32)49-24-28-13-14-28/h4-5,7,9-12,19-20,22,26-29,33,42H,2-3,6,8,13-18,21,23-25H2,1H3,(H,48,49)(H,50,57)(H,52,56,58)/t29-,33-. The van der Waals surface area contributed by atoms with E-state index in [1.165, 1.54) is 25.3 Å². The zero-order chi connectivity index (χ0) is 41.6. The van der Waals surface area contributed by atoms with E-state index in [1.807, 2.05) is 24.3 Å². The monoisotopic (exact) mass is 820 g/mol. The van der Waals surface area contributed by atoms with Gasteiger partial charge in [-0.1, -0.05) is 36.8 Å². The van der Waals surface area contributed by atoms with Crippen molar-refractivity contribution < 1.29 is 32.3 Å². The maximum Gasteiger partial charge on any atom is 0.284 e. The Kier molecular flexibility index (Phi) is 12.6. The van der Waals surface area contributed by atoms with Gasteiger partial charge in [0, 0.05) is 31.0 Å². The first-order valence-electron chi connectivity index (χ1n) is 20.9. The predicted molar refractivity (Wildman–Crippen MR) is 221 cm³/mol. The molecule has 0 spiro atoms. The van der Waals surface area contributed by atoms with Crippen molar-refractivity contribution in [1.29, 1.82) is 0 Å². The summed E-state index contributed by atoms with van der Waals surface area (Å²) in [7, 11) is 2.15. The lowest BCUT2D eigenvalue weighted by Crippen LogP contribution is -2.37. The molecule has 2 saturated carbocycles. The van der Waals surface area contributed by atoms with Crippen LogP contribution in [0.5, 0.6) is 11.5 Å². The third-order valence-corrected chi connectivity index (χ3v) is 11.6. The molecule has 2 fully saturated rings. The lowest BCUT2D eigenvalue weighted by Gasteiger charge is -2.31. The fourth-order valence-electron chi connectivity index (χ4n) is 8.18. The summed E-state index contributed by atoms with van der Waals surface area (Å²) in [4.78, 5) is 48.6. The number of ether oxygens (including phenoxy) is 1. The lowest BCUT2D eigenvalue weighted by atomic mass is 9.86. The summed E-state index contributed by atoms with van der Waals surface area (Å²) < 4.78 is 41.7. The SMILES string of the molecule is CN(CCCCCc1ccccc1Oc1cccc2c1C(=O)NC(=O)C2)C[C@H]1CC[C@H](n2cc(NC(=O)c3coc(-c4ccnc(NCC5CC5)c4)n3)c(C(F)F)n2)CC1. The first-order valence-corrected chi connectivity index (χ1v) is 20.9. The van der Waals surface area contributed by atoms with Gasteiger partial charge < -0.3 is 24.7 Å². The summed E-state index contributed by atoms with van der Waals surface area (Å²) in [5, 5.41) is 12.5. The Labute approximate surface area is 347 Å². The Morgan fingerprint density at radius 3 is 2.62 bits per heavy atom. The maximum atomic E-state index is 14.1. The molecule has 1 aliphatic heterocycles.